The molecule has 26 heavy (non-hydrogen) atoms. The molecule has 4 rings (SSSR count). The molecule has 0 amide bonds. The predicted octanol–water partition coefficient (Wildman–Crippen LogP) is 3.32. The minimum Gasteiger partial charge on any atom is -0.368 e. The molecule has 0 saturated carbocycles. The molecule has 0 spiro atoms. The number of anilines is 1. The molecular weight excluding hydrogens is 324 g/mol. The fourth-order valence-corrected chi connectivity index (χ4v) is 3.73. The number of piperidine rings is 1. The second kappa shape index (κ2) is 7.41. The summed E-state index contributed by atoms with van der Waals surface area (Å²) < 4.78 is 1.77. The molecule has 136 valence electrons. The number of hydrogen-bond donors (Lipinski definition) is 1. The number of nitrogens with zero attached hydrogens (tertiary/aromatic N) is 5. The summed E-state index contributed by atoms with van der Waals surface area (Å²) in [4.78, 5) is 11.2. The Balaban J connectivity index is 1.57. The lowest BCUT2D eigenvalue weighted by molar-refractivity contribution is 0.143. The van der Waals surface area contributed by atoms with Crippen molar-refractivity contribution in [2.45, 2.75) is 32.7 Å². The van der Waals surface area contributed by atoms with Crippen LogP contribution < -0.4 is 5.32 Å². The molecule has 2 aromatic heterocycles. The minimum atomic E-state index is 0.343. The monoisotopic (exact) mass is 350 g/mol. The quantitative estimate of drug-likeness (QED) is 0.765. The van der Waals surface area contributed by atoms with Crippen LogP contribution in [0, 0.1) is 12.8 Å². The van der Waals surface area contributed by atoms with Gasteiger partial charge in [-0.25, -0.2) is 4.98 Å². The number of benzene rings is 1. The van der Waals surface area contributed by atoms with Crippen LogP contribution in [0.15, 0.2) is 42.7 Å². The van der Waals surface area contributed by atoms with Gasteiger partial charge in [0.25, 0.3) is 5.78 Å². The summed E-state index contributed by atoms with van der Waals surface area (Å²) in [6, 6.07) is 13.2. The third-order valence-corrected chi connectivity index (χ3v) is 5.30. The lowest BCUT2D eigenvalue weighted by Gasteiger charge is -2.37. The van der Waals surface area contributed by atoms with E-state index in [2.05, 4.69) is 62.5 Å². The van der Waals surface area contributed by atoms with Gasteiger partial charge in [-0.1, -0.05) is 37.3 Å². The highest BCUT2D eigenvalue weighted by Crippen LogP contribution is 2.27. The fraction of sp³-hybridized carbons (Fsp3) is 0.450. The molecule has 6 heteroatoms. The van der Waals surface area contributed by atoms with Gasteiger partial charge < -0.3 is 5.32 Å². The van der Waals surface area contributed by atoms with Crippen LogP contribution in [-0.4, -0.2) is 44.1 Å². The van der Waals surface area contributed by atoms with Crippen LogP contribution in [0.1, 0.15) is 37.1 Å². The van der Waals surface area contributed by atoms with E-state index < -0.39 is 0 Å². The molecular formula is C20H26N6. The van der Waals surface area contributed by atoms with Crippen molar-refractivity contribution in [2.24, 2.45) is 5.92 Å². The Morgan fingerprint density at radius 1 is 1.19 bits per heavy atom. The lowest BCUT2D eigenvalue weighted by Crippen LogP contribution is -2.39. The van der Waals surface area contributed by atoms with Gasteiger partial charge in [-0.2, -0.15) is 14.6 Å². The van der Waals surface area contributed by atoms with Crippen molar-refractivity contribution in [3.63, 3.8) is 0 Å². The summed E-state index contributed by atoms with van der Waals surface area (Å²) in [5.74, 6) is 2.40. The van der Waals surface area contributed by atoms with Gasteiger partial charge in [0.1, 0.15) is 12.1 Å². The van der Waals surface area contributed by atoms with Gasteiger partial charge in [0.15, 0.2) is 0 Å². The van der Waals surface area contributed by atoms with Crippen molar-refractivity contribution in [1.29, 1.82) is 0 Å². The van der Waals surface area contributed by atoms with Crippen molar-refractivity contribution >= 4 is 11.6 Å². The second-order valence-corrected chi connectivity index (χ2v) is 7.28. The highest BCUT2D eigenvalue weighted by Gasteiger charge is 2.24. The number of hydrogen-bond acceptors (Lipinski definition) is 5. The Morgan fingerprint density at radius 2 is 1.96 bits per heavy atom. The van der Waals surface area contributed by atoms with Crippen molar-refractivity contribution in [1.82, 2.24) is 24.5 Å². The Hall–Kier alpha value is -2.47. The molecule has 1 saturated heterocycles. The maximum Gasteiger partial charge on any atom is 0.254 e. The Kier molecular flexibility index (Phi) is 4.84. The van der Waals surface area contributed by atoms with E-state index in [1.54, 1.807) is 10.8 Å². The van der Waals surface area contributed by atoms with Crippen molar-refractivity contribution < 1.29 is 0 Å². The van der Waals surface area contributed by atoms with Crippen LogP contribution in [0.4, 0.5) is 5.82 Å². The average molecular weight is 350 g/mol. The maximum absolute atomic E-state index is 4.42. The summed E-state index contributed by atoms with van der Waals surface area (Å²) in [6.07, 6.45) is 4.09. The minimum absolute atomic E-state index is 0.343. The molecule has 0 aliphatic carbocycles. The van der Waals surface area contributed by atoms with E-state index in [0.29, 0.717) is 11.8 Å². The fourth-order valence-electron chi connectivity index (χ4n) is 3.73. The Bertz CT molecular complexity index is 851. The number of nitrogens with one attached hydrogen (secondary N) is 1. The lowest BCUT2D eigenvalue weighted by atomic mass is 9.95. The standard InChI is InChI=1S/C20H26N6/c1-15-8-10-25(11-9-15)18(17-6-4-3-5-7-17)13-21-19-12-16(2)24-20-22-14-23-26(19)20/h3-7,12,14-15,18,21H,8-11,13H2,1-2H3. The van der Waals surface area contributed by atoms with E-state index in [1.165, 1.54) is 18.4 Å². The van der Waals surface area contributed by atoms with Crippen molar-refractivity contribution in [3.05, 3.63) is 54.0 Å². The van der Waals surface area contributed by atoms with Crippen molar-refractivity contribution in [3.8, 4) is 0 Å². The van der Waals surface area contributed by atoms with Crippen LogP contribution in [0.25, 0.3) is 5.78 Å². The zero-order chi connectivity index (χ0) is 17.9. The highest BCUT2D eigenvalue weighted by molar-refractivity contribution is 5.45. The van der Waals surface area contributed by atoms with E-state index >= 15 is 0 Å². The molecule has 1 N–H and O–H groups in total. The molecule has 3 heterocycles. The molecule has 1 fully saturated rings. The first-order valence-electron chi connectivity index (χ1n) is 9.41. The van der Waals surface area contributed by atoms with Crippen molar-refractivity contribution in [2.75, 3.05) is 25.0 Å². The molecule has 1 unspecified atom stereocenters. The SMILES string of the molecule is Cc1cc(NCC(c2ccccc2)N2CCC(C)CC2)n2ncnc2n1. The Labute approximate surface area is 154 Å². The summed E-state index contributed by atoms with van der Waals surface area (Å²) in [6.45, 7) is 7.47. The van der Waals surface area contributed by atoms with Crippen LogP contribution >= 0.6 is 0 Å². The summed E-state index contributed by atoms with van der Waals surface area (Å²) in [5.41, 5.74) is 2.30. The molecule has 1 aliphatic rings. The third-order valence-electron chi connectivity index (χ3n) is 5.30. The summed E-state index contributed by atoms with van der Waals surface area (Å²) in [7, 11) is 0. The number of fused-ring (bicyclic) bond motifs is 1. The van der Waals surface area contributed by atoms with Crippen LogP contribution in [0.2, 0.25) is 0 Å². The predicted molar refractivity (Wildman–Crippen MR) is 103 cm³/mol. The second-order valence-electron chi connectivity index (χ2n) is 7.28. The molecule has 6 nitrogen and oxygen atoms in total. The normalized spacial score (nSPS) is 17.5. The maximum atomic E-state index is 4.42. The smallest absolute Gasteiger partial charge is 0.254 e. The van der Waals surface area contributed by atoms with Crippen LogP contribution in [0.3, 0.4) is 0 Å². The Morgan fingerprint density at radius 3 is 2.73 bits per heavy atom. The van der Waals surface area contributed by atoms with Gasteiger partial charge in [-0.3, -0.25) is 4.90 Å². The van der Waals surface area contributed by atoms with Gasteiger partial charge in [-0.15, -0.1) is 0 Å². The summed E-state index contributed by atoms with van der Waals surface area (Å²) >= 11 is 0. The number of aryl methyl sites for hydroxylation is 1. The van der Waals surface area contributed by atoms with Gasteiger partial charge in [0, 0.05) is 18.3 Å². The van der Waals surface area contributed by atoms with E-state index in [9.17, 15) is 0 Å². The first-order chi connectivity index (χ1) is 12.7. The zero-order valence-corrected chi connectivity index (χ0v) is 15.5. The van der Waals surface area contributed by atoms with Gasteiger partial charge in [0.2, 0.25) is 0 Å². The van der Waals surface area contributed by atoms with Crippen LogP contribution in [0.5, 0.6) is 0 Å². The van der Waals surface area contributed by atoms with E-state index in [0.717, 1.165) is 37.1 Å². The van der Waals surface area contributed by atoms with Gasteiger partial charge >= 0.3 is 0 Å². The first kappa shape index (κ1) is 17.0. The first-order valence-corrected chi connectivity index (χ1v) is 9.41. The van der Waals surface area contributed by atoms with Crippen LogP contribution in [-0.2, 0) is 0 Å². The molecule has 0 radical (unpaired) electrons. The molecule has 1 aromatic carbocycles. The molecule has 3 aromatic rings. The zero-order valence-electron chi connectivity index (χ0n) is 15.5. The van der Waals surface area contributed by atoms with E-state index in [1.807, 2.05) is 13.0 Å². The number of rotatable bonds is 5. The largest absolute Gasteiger partial charge is 0.368 e. The van der Waals surface area contributed by atoms with Gasteiger partial charge in [0.05, 0.1) is 6.04 Å². The third kappa shape index (κ3) is 3.55. The number of likely N-dealkylation sites (tertiary alicyclic amines) is 1. The van der Waals surface area contributed by atoms with E-state index in [4.69, 9.17) is 0 Å². The topological polar surface area (TPSA) is 58.4 Å². The molecule has 0 bridgehead atoms. The molecule has 1 atom stereocenters. The average Bonchev–Trinajstić information content (AvgIpc) is 3.12. The highest BCUT2D eigenvalue weighted by atomic mass is 15.4. The number of aromatic nitrogens is 4. The molecule has 1 aliphatic heterocycles. The van der Waals surface area contributed by atoms with E-state index in [-0.39, 0.29) is 0 Å². The van der Waals surface area contributed by atoms with Gasteiger partial charge in [-0.05, 0) is 44.3 Å². The summed E-state index contributed by atoms with van der Waals surface area (Å²) in [5, 5.41) is 7.90.